The van der Waals surface area contributed by atoms with Crippen LogP contribution in [-0.4, -0.2) is 19.3 Å². The molecule has 20 heavy (non-hydrogen) atoms. The fourth-order valence-electron chi connectivity index (χ4n) is 4.48. The average Bonchev–Trinajstić information content (AvgIpc) is 3.16. The summed E-state index contributed by atoms with van der Waals surface area (Å²) in [6, 6.07) is 0. The molecular weight excluding hydrogens is 268 g/mol. The van der Waals surface area contributed by atoms with Crippen LogP contribution in [0, 0.1) is 29.4 Å². The minimum absolute atomic E-state index is 0.819. The van der Waals surface area contributed by atoms with Crippen LogP contribution in [0.4, 0.5) is 0 Å². The van der Waals surface area contributed by atoms with Crippen molar-refractivity contribution in [2.24, 2.45) is 17.8 Å². The lowest BCUT2D eigenvalue weighted by Gasteiger charge is -2.22. The molecule has 0 aliphatic heterocycles. The molecule has 2 saturated carbocycles. The van der Waals surface area contributed by atoms with E-state index in [9.17, 15) is 0 Å². The maximum absolute atomic E-state index is 5.56. The first-order valence-electron chi connectivity index (χ1n) is 7.83. The molecule has 3 unspecified atom stereocenters. The van der Waals surface area contributed by atoms with Gasteiger partial charge in [0.2, 0.25) is 0 Å². The molecule has 5 heteroatoms. The second-order valence-electron chi connectivity index (χ2n) is 6.58. The Morgan fingerprint density at radius 2 is 2.20 bits per heavy atom. The van der Waals surface area contributed by atoms with E-state index in [1.165, 1.54) is 31.3 Å². The van der Waals surface area contributed by atoms with Crippen LogP contribution in [0.25, 0.3) is 11.2 Å². The first-order valence-corrected chi connectivity index (χ1v) is 8.24. The van der Waals surface area contributed by atoms with E-state index < -0.39 is 0 Å². The number of H-pyrrole nitrogens is 1. The van der Waals surface area contributed by atoms with E-state index >= 15 is 0 Å². The predicted molar refractivity (Wildman–Crippen MR) is 82.3 cm³/mol. The van der Waals surface area contributed by atoms with Gasteiger partial charge in [-0.2, -0.15) is 5.10 Å². The summed E-state index contributed by atoms with van der Waals surface area (Å²) >= 11 is 5.56. The van der Waals surface area contributed by atoms with E-state index in [2.05, 4.69) is 33.2 Å². The van der Waals surface area contributed by atoms with Gasteiger partial charge >= 0.3 is 0 Å². The molecule has 2 aliphatic carbocycles. The van der Waals surface area contributed by atoms with Crippen LogP contribution in [0.2, 0.25) is 0 Å². The van der Waals surface area contributed by atoms with Gasteiger partial charge in [0.15, 0.2) is 10.4 Å². The fraction of sp³-hybridized carbons (Fsp3) is 0.733. The van der Waals surface area contributed by atoms with Crippen molar-refractivity contribution in [1.82, 2.24) is 19.3 Å². The third-order valence-electron chi connectivity index (χ3n) is 5.43. The van der Waals surface area contributed by atoms with Gasteiger partial charge in [0.1, 0.15) is 5.52 Å². The van der Waals surface area contributed by atoms with Crippen LogP contribution in [0.15, 0.2) is 0 Å². The topological polar surface area (TPSA) is 38.5 Å². The summed E-state index contributed by atoms with van der Waals surface area (Å²) in [5, 5.41) is 4.61. The Balaban J connectivity index is 1.75. The van der Waals surface area contributed by atoms with Crippen LogP contribution < -0.4 is 0 Å². The van der Waals surface area contributed by atoms with Crippen molar-refractivity contribution in [2.45, 2.75) is 52.6 Å². The van der Waals surface area contributed by atoms with E-state index in [-0.39, 0.29) is 0 Å². The molecule has 2 aliphatic rings. The first-order chi connectivity index (χ1) is 9.67. The van der Waals surface area contributed by atoms with Gasteiger partial charge in [0.25, 0.3) is 0 Å². The summed E-state index contributed by atoms with van der Waals surface area (Å²) in [6.07, 6.45) is 5.75. The zero-order valence-corrected chi connectivity index (χ0v) is 13.0. The van der Waals surface area contributed by atoms with Gasteiger partial charge in [-0.3, -0.25) is 0 Å². The fourth-order valence-corrected chi connectivity index (χ4v) is 4.75. The second-order valence-corrected chi connectivity index (χ2v) is 6.96. The molecule has 0 spiro atoms. The van der Waals surface area contributed by atoms with E-state index in [1.54, 1.807) is 0 Å². The zero-order valence-electron chi connectivity index (χ0n) is 12.2. The van der Waals surface area contributed by atoms with Crippen LogP contribution in [0.1, 0.15) is 38.3 Å². The molecule has 2 aromatic heterocycles. The molecule has 2 heterocycles. The van der Waals surface area contributed by atoms with Crippen molar-refractivity contribution in [3.63, 3.8) is 0 Å². The molecule has 2 fully saturated rings. The lowest BCUT2D eigenvalue weighted by atomic mass is 9.89. The standard InChI is InChI=1S/C15H22N4S/c1-3-19-14-13(9(2)17-19)16-15(20)18(14)8-12-7-10-4-5-11(12)6-10/h10-12H,3-8H2,1-2H3,(H,16,20). The minimum Gasteiger partial charge on any atom is -0.328 e. The van der Waals surface area contributed by atoms with Gasteiger partial charge < -0.3 is 9.55 Å². The van der Waals surface area contributed by atoms with Gasteiger partial charge in [0.05, 0.1) is 5.69 Å². The van der Waals surface area contributed by atoms with Crippen molar-refractivity contribution in [2.75, 3.05) is 0 Å². The highest BCUT2D eigenvalue weighted by Gasteiger charge is 2.39. The molecule has 0 radical (unpaired) electrons. The van der Waals surface area contributed by atoms with Gasteiger partial charge in [-0.25, -0.2) is 4.68 Å². The third-order valence-corrected chi connectivity index (χ3v) is 5.76. The molecular formula is C15H22N4S. The Morgan fingerprint density at radius 3 is 2.85 bits per heavy atom. The quantitative estimate of drug-likeness (QED) is 0.876. The largest absolute Gasteiger partial charge is 0.328 e. The molecule has 4 rings (SSSR count). The molecule has 0 saturated heterocycles. The third kappa shape index (κ3) is 1.72. The van der Waals surface area contributed by atoms with Crippen LogP contribution in [-0.2, 0) is 13.1 Å². The predicted octanol–water partition coefficient (Wildman–Crippen LogP) is 3.66. The highest BCUT2D eigenvalue weighted by atomic mass is 32.1. The normalized spacial score (nSPS) is 28.8. The second kappa shape index (κ2) is 4.45. The Morgan fingerprint density at radius 1 is 1.35 bits per heavy atom. The SMILES string of the molecule is CCn1nc(C)c2[nH]c(=S)n(CC3CC4CCC3C4)c21. The summed E-state index contributed by atoms with van der Waals surface area (Å²) in [5.74, 6) is 2.75. The highest BCUT2D eigenvalue weighted by Crippen LogP contribution is 2.49. The average molecular weight is 290 g/mol. The Kier molecular flexibility index (Phi) is 2.81. The van der Waals surface area contributed by atoms with Crippen molar-refractivity contribution < 1.29 is 0 Å². The van der Waals surface area contributed by atoms with Gasteiger partial charge in [-0.15, -0.1) is 0 Å². The molecule has 4 nitrogen and oxygen atoms in total. The molecule has 2 bridgehead atoms. The number of nitrogens with zero attached hydrogens (tertiary/aromatic N) is 3. The number of aromatic nitrogens is 4. The summed E-state index contributed by atoms with van der Waals surface area (Å²) in [6.45, 7) is 6.17. The summed E-state index contributed by atoms with van der Waals surface area (Å²) in [4.78, 5) is 3.36. The number of hydrogen-bond acceptors (Lipinski definition) is 2. The molecule has 3 atom stereocenters. The van der Waals surface area contributed by atoms with Crippen molar-refractivity contribution >= 4 is 23.4 Å². The maximum atomic E-state index is 5.56. The minimum atomic E-state index is 0.819. The van der Waals surface area contributed by atoms with Crippen LogP contribution in [0.3, 0.4) is 0 Å². The van der Waals surface area contributed by atoms with Crippen molar-refractivity contribution in [1.29, 1.82) is 0 Å². The lowest BCUT2D eigenvalue weighted by molar-refractivity contribution is 0.296. The Hall–Kier alpha value is -1.10. The number of rotatable bonds is 3. The summed E-state index contributed by atoms with van der Waals surface area (Å²) in [7, 11) is 0. The molecule has 0 aromatic carbocycles. The number of fused-ring (bicyclic) bond motifs is 3. The first kappa shape index (κ1) is 12.6. The van der Waals surface area contributed by atoms with Gasteiger partial charge in [-0.1, -0.05) is 6.42 Å². The van der Waals surface area contributed by atoms with Crippen LogP contribution >= 0.6 is 12.2 Å². The van der Waals surface area contributed by atoms with Gasteiger partial charge in [-0.05, 0) is 63.1 Å². The molecule has 108 valence electrons. The summed E-state index contributed by atoms with van der Waals surface area (Å²) < 4.78 is 5.26. The lowest BCUT2D eigenvalue weighted by Crippen LogP contribution is -2.18. The number of nitrogens with one attached hydrogen (secondary N) is 1. The molecule has 2 aromatic rings. The van der Waals surface area contributed by atoms with Crippen molar-refractivity contribution in [3.05, 3.63) is 10.5 Å². The molecule has 0 amide bonds. The molecule has 1 N–H and O–H groups in total. The van der Waals surface area contributed by atoms with E-state index in [0.717, 1.165) is 46.8 Å². The number of imidazole rings is 1. The van der Waals surface area contributed by atoms with E-state index in [1.807, 2.05) is 0 Å². The number of hydrogen-bond donors (Lipinski definition) is 1. The highest BCUT2D eigenvalue weighted by molar-refractivity contribution is 7.71. The zero-order chi connectivity index (χ0) is 13.9. The van der Waals surface area contributed by atoms with E-state index in [4.69, 9.17) is 12.2 Å². The monoisotopic (exact) mass is 290 g/mol. The van der Waals surface area contributed by atoms with Crippen molar-refractivity contribution in [3.8, 4) is 0 Å². The smallest absolute Gasteiger partial charge is 0.179 e. The maximum Gasteiger partial charge on any atom is 0.179 e. The summed E-state index contributed by atoms with van der Waals surface area (Å²) in [5.41, 5.74) is 3.37. The number of aromatic amines is 1. The number of aryl methyl sites for hydroxylation is 2. The Bertz CT molecular complexity index is 707. The van der Waals surface area contributed by atoms with Gasteiger partial charge in [0, 0.05) is 13.1 Å². The Labute approximate surface area is 124 Å². The van der Waals surface area contributed by atoms with Crippen LogP contribution in [0.5, 0.6) is 0 Å². The van der Waals surface area contributed by atoms with E-state index in [0.29, 0.717) is 0 Å².